The average molecular weight is 254 g/mol. The smallest absolute Gasteiger partial charge is 0.130 e. The molecule has 0 spiro atoms. The summed E-state index contributed by atoms with van der Waals surface area (Å²) in [5.41, 5.74) is 0.131. The van der Waals surface area contributed by atoms with Crippen molar-refractivity contribution in [3.63, 3.8) is 0 Å². The topological polar surface area (TPSA) is 15.3 Å². The zero-order chi connectivity index (χ0) is 13.1. The van der Waals surface area contributed by atoms with Crippen LogP contribution in [0.3, 0.4) is 0 Å². The number of rotatable bonds is 6. The molecular formula is C14H20F2N2. The lowest BCUT2D eigenvalue weighted by molar-refractivity contribution is 0.315. The molecule has 4 heteroatoms. The van der Waals surface area contributed by atoms with Gasteiger partial charge in [0, 0.05) is 30.7 Å². The molecule has 2 rings (SSSR count). The van der Waals surface area contributed by atoms with Gasteiger partial charge in [0.2, 0.25) is 0 Å². The zero-order valence-electron chi connectivity index (χ0n) is 10.9. The van der Waals surface area contributed by atoms with E-state index in [2.05, 4.69) is 17.3 Å². The number of hydrogen-bond donors (Lipinski definition) is 1. The number of nitrogens with zero attached hydrogens (tertiary/aromatic N) is 1. The van der Waals surface area contributed by atoms with E-state index in [-0.39, 0.29) is 11.6 Å². The van der Waals surface area contributed by atoms with Gasteiger partial charge in [-0.15, -0.1) is 0 Å². The molecule has 0 amide bonds. The van der Waals surface area contributed by atoms with Crippen LogP contribution in [-0.2, 0) is 0 Å². The van der Waals surface area contributed by atoms with Gasteiger partial charge in [-0.05, 0) is 38.9 Å². The average Bonchev–Trinajstić information content (AvgIpc) is 3.12. The Kier molecular flexibility index (Phi) is 4.30. The molecule has 1 aromatic carbocycles. The zero-order valence-corrected chi connectivity index (χ0v) is 10.9. The lowest BCUT2D eigenvalue weighted by Gasteiger charge is -2.19. The molecule has 1 atom stereocenters. The third-order valence-corrected chi connectivity index (χ3v) is 3.52. The lowest BCUT2D eigenvalue weighted by atomic mass is 10.1. The number of halogens is 2. The highest BCUT2D eigenvalue weighted by molar-refractivity contribution is 5.22. The van der Waals surface area contributed by atoms with Gasteiger partial charge in [0.05, 0.1) is 0 Å². The molecule has 1 saturated carbocycles. The molecule has 0 heterocycles. The summed E-state index contributed by atoms with van der Waals surface area (Å²) in [6, 6.07) is 4.40. The predicted molar refractivity (Wildman–Crippen MR) is 68.4 cm³/mol. The van der Waals surface area contributed by atoms with Crippen LogP contribution in [0.5, 0.6) is 0 Å². The number of hydrogen-bond acceptors (Lipinski definition) is 2. The quantitative estimate of drug-likeness (QED) is 0.839. The van der Waals surface area contributed by atoms with E-state index in [0.717, 1.165) is 13.1 Å². The Labute approximate surface area is 107 Å². The van der Waals surface area contributed by atoms with Crippen molar-refractivity contribution in [2.75, 3.05) is 20.1 Å². The minimum absolute atomic E-state index is 0.131. The Hall–Kier alpha value is -1.00. The maximum atomic E-state index is 13.5. The molecule has 1 aliphatic rings. The molecule has 18 heavy (non-hydrogen) atoms. The highest BCUT2D eigenvalue weighted by Crippen LogP contribution is 2.25. The molecule has 2 nitrogen and oxygen atoms in total. The van der Waals surface area contributed by atoms with Crippen molar-refractivity contribution >= 4 is 0 Å². The van der Waals surface area contributed by atoms with Crippen LogP contribution in [0.25, 0.3) is 0 Å². The van der Waals surface area contributed by atoms with Crippen LogP contribution in [0.15, 0.2) is 18.2 Å². The highest BCUT2D eigenvalue weighted by Gasteiger charge is 2.25. The van der Waals surface area contributed by atoms with Crippen LogP contribution in [-0.4, -0.2) is 31.1 Å². The number of benzene rings is 1. The SMILES string of the molecule is CC(NCCN(C)C1CC1)c1c(F)cccc1F. The van der Waals surface area contributed by atoms with Gasteiger partial charge in [0.15, 0.2) is 0 Å². The summed E-state index contributed by atoms with van der Waals surface area (Å²) in [7, 11) is 2.09. The molecule has 1 N–H and O–H groups in total. The Bertz CT molecular complexity index is 385. The highest BCUT2D eigenvalue weighted by atomic mass is 19.1. The Morgan fingerprint density at radius 1 is 1.33 bits per heavy atom. The van der Waals surface area contributed by atoms with Crippen LogP contribution >= 0.6 is 0 Å². The molecule has 1 fully saturated rings. The summed E-state index contributed by atoms with van der Waals surface area (Å²) in [4.78, 5) is 2.29. The van der Waals surface area contributed by atoms with Crippen molar-refractivity contribution in [1.29, 1.82) is 0 Å². The van der Waals surface area contributed by atoms with E-state index in [1.807, 2.05) is 0 Å². The predicted octanol–water partition coefficient (Wildman–Crippen LogP) is 2.71. The van der Waals surface area contributed by atoms with E-state index < -0.39 is 11.6 Å². The summed E-state index contributed by atoms with van der Waals surface area (Å²) in [6.07, 6.45) is 2.54. The Morgan fingerprint density at radius 3 is 2.50 bits per heavy atom. The summed E-state index contributed by atoms with van der Waals surface area (Å²) in [5.74, 6) is -0.962. The second-order valence-electron chi connectivity index (χ2n) is 5.02. The molecule has 1 aromatic rings. The minimum atomic E-state index is -0.481. The Morgan fingerprint density at radius 2 is 1.94 bits per heavy atom. The standard InChI is InChI=1S/C14H20F2N2/c1-10(14-12(15)4-3-5-13(14)16)17-8-9-18(2)11-6-7-11/h3-5,10-11,17H,6-9H2,1-2H3. The van der Waals surface area contributed by atoms with E-state index in [1.54, 1.807) is 6.92 Å². The monoisotopic (exact) mass is 254 g/mol. The van der Waals surface area contributed by atoms with E-state index in [9.17, 15) is 8.78 Å². The molecule has 1 unspecified atom stereocenters. The van der Waals surface area contributed by atoms with Crippen LogP contribution < -0.4 is 5.32 Å². The Balaban J connectivity index is 1.85. The minimum Gasteiger partial charge on any atom is -0.309 e. The molecule has 1 aliphatic carbocycles. The van der Waals surface area contributed by atoms with Gasteiger partial charge in [-0.1, -0.05) is 6.07 Å². The third-order valence-electron chi connectivity index (χ3n) is 3.52. The van der Waals surface area contributed by atoms with Gasteiger partial charge in [0.25, 0.3) is 0 Å². The number of likely N-dealkylation sites (N-methyl/N-ethyl adjacent to an activating group) is 1. The summed E-state index contributed by atoms with van der Waals surface area (Å²) < 4.78 is 27.1. The maximum absolute atomic E-state index is 13.5. The van der Waals surface area contributed by atoms with E-state index in [1.165, 1.54) is 31.0 Å². The first kappa shape index (κ1) is 13.4. The largest absolute Gasteiger partial charge is 0.309 e. The lowest BCUT2D eigenvalue weighted by Crippen LogP contribution is -2.32. The van der Waals surface area contributed by atoms with Crippen molar-refractivity contribution in [2.24, 2.45) is 0 Å². The number of nitrogens with one attached hydrogen (secondary N) is 1. The maximum Gasteiger partial charge on any atom is 0.130 e. The fraction of sp³-hybridized carbons (Fsp3) is 0.571. The van der Waals surface area contributed by atoms with Crippen molar-refractivity contribution in [1.82, 2.24) is 10.2 Å². The second-order valence-corrected chi connectivity index (χ2v) is 5.02. The van der Waals surface area contributed by atoms with Crippen LogP contribution in [0, 0.1) is 11.6 Å². The normalized spacial score (nSPS) is 17.2. The van der Waals surface area contributed by atoms with E-state index in [4.69, 9.17) is 0 Å². The fourth-order valence-corrected chi connectivity index (χ4v) is 2.18. The van der Waals surface area contributed by atoms with Gasteiger partial charge >= 0.3 is 0 Å². The first-order valence-electron chi connectivity index (χ1n) is 6.47. The summed E-state index contributed by atoms with van der Waals surface area (Å²) >= 11 is 0. The van der Waals surface area contributed by atoms with Crippen molar-refractivity contribution in [3.8, 4) is 0 Å². The first-order chi connectivity index (χ1) is 8.59. The first-order valence-corrected chi connectivity index (χ1v) is 6.47. The van der Waals surface area contributed by atoms with Crippen LogP contribution in [0.4, 0.5) is 8.78 Å². The van der Waals surface area contributed by atoms with Crippen molar-refractivity contribution < 1.29 is 8.78 Å². The van der Waals surface area contributed by atoms with Gasteiger partial charge in [-0.2, -0.15) is 0 Å². The van der Waals surface area contributed by atoms with Crippen LogP contribution in [0.2, 0.25) is 0 Å². The van der Waals surface area contributed by atoms with Gasteiger partial charge in [-0.3, -0.25) is 0 Å². The van der Waals surface area contributed by atoms with E-state index in [0.29, 0.717) is 6.04 Å². The molecule has 0 aromatic heterocycles. The van der Waals surface area contributed by atoms with Crippen molar-refractivity contribution in [3.05, 3.63) is 35.4 Å². The van der Waals surface area contributed by atoms with Gasteiger partial charge in [0.1, 0.15) is 11.6 Å². The molecule has 0 aliphatic heterocycles. The van der Waals surface area contributed by atoms with Crippen LogP contribution in [0.1, 0.15) is 31.4 Å². The summed E-state index contributed by atoms with van der Waals surface area (Å²) in [6.45, 7) is 3.44. The second kappa shape index (κ2) is 5.76. The van der Waals surface area contributed by atoms with Gasteiger partial charge < -0.3 is 10.2 Å². The molecule has 0 bridgehead atoms. The van der Waals surface area contributed by atoms with Crippen molar-refractivity contribution in [2.45, 2.75) is 31.8 Å². The fourth-order valence-electron chi connectivity index (χ4n) is 2.18. The summed E-state index contributed by atoms with van der Waals surface area (Å²) in [5, 5.41) is 3.17. The molecule has 0 radical (unpaired) electrons. The van der Waals surface area contributed by atoms with E-state index >= 15 is 0 Å². The molecule has 100 valence electrons. The molecular weight excluding hydrogens is 234 g/mol. The van der Waals surface area contributed by atoms with Gasteiger partial charge in [-0.25, -0.2) is 8.78 Å². The molecule has 0 saturated heterocycles. The third kappa shape index (κ3) is 3.27.